The Hall–Kier alpha value is -2.39. The molecule has 14 heteroatoms. The molecule has 0 atom stereocenters. The van der Waals surface area contributed by atoms with Crippen LogP contribution < -0.4 is 16.0 Å². The Bertz CT molecular complexity index is 1200. The monoisotopic (exact) mass is 549 g/mol. The Labute approximate surface area is 211 Å². The molecule has 0 aliphatic heterocycles. The first-order valence-corrected chi connectivity index (χ1v) is 13.4. The van der Waals surface area contributed by atoms with Crippen molar-refractivity contribution in [2.75, 3.05) is 47.0 Å². The first-order chi connectivity index (χ1) is 15.9. The van der Waals surface area contributed by atoms with Gasteiger partial charge in [0.25, 0.3) is 0 Å². The van der Waals surface area contributed by atoms with Crippen LogP contribution in [-0.4, -0.2) is 78.9 Å². The molecule has 196 valence electrons. The summed E-state index contributed by atoms with van der Waals surface area (Å²) in [5.74, 6) is 0.0292. The molecule has 2 rings (SSSR count). The van der Waals surface area contributed by atoms with Crippen LogP contribution >= 0.6 is 11.6 Å². The fourth-order valence-electron chi connectivity index (χ4n) is 2.41. The normalized spacial score (nSPS) is 11.2. The number of sulfonamides is 2. The van der Waals surface area contributed by atoms with E-state index in [0.717, 1.165) is 0 Å². The Morgan fingerprint density at radius 1 is 0.800 bits per heavy atom. The summed E-state index contributed by atoms with van der Waals surface area (Å²) in [5, 5.41) is 9.54. The molecule has 0 radical (unpaired) electrons. The van der Waals surface area contributed by atoms with E-state index in [-0.39, 0.29) is 27.2 Å². The van der Waals surface area contributed by atoms with E-state index < -0.39 is 20.0 Å². The maximum atomic E-state index is 11.6. The van der Waals surface area contributed by atoms with Crippen molar-refractivity contribution in [2.24, 2.45) is 10.3 Å². The molecule has 0 aliphatic carbocycles. The van der Waals surface area contributed by atoms with Crippen LogP contribution in [0.25, 0.3) is 0 Å². The summed E-state index contributed by atoms with van der Waals surface area (Å²) >= 11 is 4.99. The van der Waals surface area contributed by atoms with Crippen LogP contribution in [-0.2, 0) is 36.1 Å². The fraction of sp³-hybridized carbons (Fsp3) is 0.333. The Morgan fingerprint density at radius 2 is 1.26 bits per heavy atom. The number of likely N-dealkylation sites (N-methyl/N-ethyl adjacent to an activating group) is 2. The Kier molecular flexibility index (Phi) is 13.9. The summed E-state index contributed by atoms with van der Waals surface area (Å²) < 4.78 is 43.7. The number of rotatable bonds is 8. The molecule has 2 aromatic rings. The molecular weight excluding hydrogens is 518 g/mol. The summed E-state index contributed by atoms with van der Waals surface area (Å²) in [6.45, 7) is 0.654. The first-order valence-electron chi connectivity index (χ1n) is 9.91. The van der Waals surface area contributed by atoms with Gasteiger partial charge in [0.2, 0.25) is 25.3 Å². The van der Waals surface area contributed by atoms with Crippen molar-refractivity contribution in [2.45, 2.75) is 16.2 Å². The topological polar surface area (TPSA) is 187 Å². The second-order valence-electron chi connectivity index (χ2n) is 7.86. The second-order valence-corrected chi connectivity index (χ2v) is 11.4. The van der Waals surface area contributed by atoms with Gasteiger partial charge >= 0.3 is 0 Å². The number of ketones is 1. The third-order valence-electron chi connectivity index (χ3n) is 3.75. The predicted molar refractivity (Wildman–Crippen MR) is 137 cm³/mol. The van der Waals surface area contributed by atoms with Crippen LogP contribution in [0.2, 0.25) is 0 Å². The van der Waals surface area contributed by atoms with E-state index in [2.05, 4.69) is 0 Å². The fourth-order valence-corrected chi connectivity index (χ4v) is 3.80. The van der Waals surface area contributed by atoms with E-state index in [4.69, 9.17) is 27.6 Å². The summed E-state index contributed by atoms with van der Waals surface area (Å²) in [6.07, 6.45) is 0.210. The Balaban J connectivity index is 0.000000550. The van der Waals surface area contributed by atoms with Crippen molar-refractivity contribution in [3.63, 3.8) is 0 Å². The van der Waals surface area contributed by atoms with Gasteiger partial charge in [0.15, 0.2) is 5.78 Å². The molecule has 6 N–H and O–H groups in total. The van der Waals surface area contributed by atoms with Gasteiger partial charge in [-0.05, 0) is 75.7 Å². The lowest BCUT2D eigenvalue weighted by atomic mass is 10.1. The van der Waals surface area contributed by atoms with Crippen LogP contribution in [0, 0.1) is 0 Å². The van der Waals surface area contributed by atoms with Gasteiger partial charge in [0.05, 0.1) is 22.9 Å². The molecule has 0 fully saturated rings. The molecule has 0 amide bonds. The number of nitrogen functional groups attached to an aromatic ring is 1. The smallest absolute Gasteiger partial charge is 0.238 e. The number of primary sulfonamides is 2. The van der Waals surface area contributed by atoms with Crippen LogP contribution in [0.1, 0.15) is 5.56 Å². The molecular formula is C21H32ClN5O6S2. The van der Waals surface area contributed by atoms with Crippen LogP contribution in [0.5, 0.6) is 0 Å². The highest BCUT2D eigenvalue weighted by molar-refractivity contribution is 7.89. The standard InChI is InChI=1S/C11H16N2O3S.C6H8N2O2S.C4H8ClNO/c1-13(2)8-10(14)6-9-4-3-5-11(7-9)17(12,15)16;7-5-2-1-3-6(4-5)11(8,9)10;1-6(2)3-4(5)7/h3-5,7H,6,8H2,1-2H3,(H2,12,15,16);1-4H,7H2,(H2,8,9,10);3H2,1-2H3. The zero-order valence-electron chi connectivity index (χ0n) is 20.0. The number of halogens is 1. The van der Waals surface area contributed by atoms with Crippen LogP contribution in [0.4, 0.5) is 5.69 Å². The molecule has 0 aliphatic rings. The minimum Gasteiger partial charge on any atom is -0.399 e. The maximum absolute atomic E-state index is 11.6. The van der Waals surface area contributed by atoms with E-state index in [1.54, 1.807) is 56.2 Å². The van der Waals surface area contributed by atoms with E-state index in [9.17, 15) is 26.4 Å². The third kappa shape index (κ3) is 16.0. The number of carbonyl (C=O) groups excluding carboxylic acids is 2. The Morgan fingerprint density at radius 3 is 1.60 bits per heavy atom. The molecule has 11 nitrogen and oxygen atoms in total. The van der Waals surface area contributed by atoms with Crippen molar-refractivity contribution in [3.8, 4) is 0 Å². The number of anilines is 1. The summed E-state index contributed by atoms with van der Waals surface area (Å²) in [6, 6.07) is 12.0. The molecule has 0 saturated carbocycles. The van der Waals surface area contributed by atoms with Crippen molar-refractivity contribution in [1.82, 2.24) is 9.80 Å². The van der Waals surface area contributed by atoms with Crippen molar-refractivity contribution in [3.05, 3.63) is 54.1 Å². The highest BCUT2D eigenvalue weighted by atomic mass is 35.5. The number of carbonyl (C=O) groups is 2. The van der Waals surface area contributed by atoms with Crippen molar-refractivity contribution < 1.29 is 26.4 Å². The minimum atomic E-state index is -3.71. The lowest BCUT2D eigenvalue weighted by Gasteiger charge is -2.08. The number of Topliss-reactive ketones (excluding diaryl/α,β-unsaturated/α-hetero) is 1. The first kappa shape index (κ1) is 32.6. The third-order valence-corrected chi connectivity index (χ3v) is 5.69. The van der Waals surface area contributed by atoms with Gasteiger partial charge in [0, 0.05) is 12.1 Å². The molecule has 0 heterocycles. The van der Waals surface area contributed by atoms with Gasteiger partial charge < -0.3 is 15.5 Å². The van der Waals surface area contributed by atoms with Crippen molar-refractivity contribution >= 4 is 48.4 Å². The number of hydrogen-bond acceptors (Lipinski definition) is 9. The molecule has 0 saturated heterocycles. The maximum Gasteiger partial charge on any atom is 0.238 e. The average Bonchev–Trinajstić information content (AvgIpc) is 2.66. The number of nitrogens with zero attached hydrogens (tertiary/aromatic N) is 2. The summed E-state index contributed by atoms with van der Waals surface area (Å²) in [5.41, 5.74) is 6.38. The van der Waals surface area contributed by atoms with Gasteiger partial charge in [0.1, 0.15) is 0 Å². The molecule has 2 aromatic carbocycles. The number of hydrogen-bond donors (Lipinski definition) is 3. The van der Waals surface area contributed by atoms with Gasteiger partial charge in [-0.1, -0.05) is 18.2 Å². The van der Waals surface area contributed by atoms with E-state index in [1.807, 2.05) is 0 Å². The number of nitrogens with two attached hydrogens (primary N) is 3. The van der Waals surface area contributed by atoms with Crippen LogP contribution in [0.15, 0.2) is 58.3 Å². The lowest BCUT2D eigenvalue weighted by molar-refractivity contribution is -0.119. The molecule has 0 spiro atoms. The van der Waals surface area contributed by atoms with E-state index >= 15 is 0 Å². The zero-order chi connectivity index (χ0) is 27.4. The lowest BCUT2D eigenvalue weighted by Crippen LogP contribution is -2.23. The van der Waals surface area contributed by atoms with Gasteiger partial charge in [-0.15, -0.1) is 0 Å². The quantitative estimate of drug-likeness (QED) is 0.306. The molecule has 0 unspecified atom stereocenters. The van der Waals surface area contributed by atoms with Gasteiger partial charge in [-0.2, -0.15) is 0 Å². The minimum absolute atomic E-state index is 0.0292. The van der Waals surface area contributed by atoms with E-state index in [0.29, 0.717) is 24.3 Å². The molecule has 0 bridgehead atoms. The van der Waals surface area contributed by atoms with Gasteiger partial charge in [-0.3, -0.25) is 9.59 Å². The van der Waals surface area contributed by atoms with Crippen molar-refractivity contribution in [1.29, 1.82) is 0 Å². The average molecular weight is 550 g/mol. The zero-order valence-corrected chi connectivity index (χ0v) is 22.4. The summed E-state index contributed by atoms with van der Waals surface area (Å²) in [4.78, 5) is 25.1. The van der Waals surface area contributed by atoms with Crippen LogP contribution in [0.3, 0.4) is 0 Å². The highest BCUT2D eigenvalue weighted by Gasteiger charge is 2.10. The number of benzene rings is 2. The largest absolute Gasteiger partial charge is 0.399 e. The predicted octanol–water partition coefficient (Wildman–Crippen LogP) is 0.237. The highest BCUT2D eigenvalue weighted by Crippen LogP contribution is 2.11. The second kappa shape index (κ2) is 14.9. The SMILES string of the molecule is CN(C)CC(=O)Cc1cccc(S(N)(=O)=O)c1.CN(C)CC(=O)Cl.Nc1cccc(S(N)(=O)=O)c1. The molecule has 0 aromatic heterocycles. The summed E-state index contributed by atoms with van der Waals surface area (Å²) in [7, 11) is -0.119. The van der Waals surface area contributed by atoms with E-state index in [1.165, 1.54) is 30.3 Å². The van der Waals surface area contributed by atoms with Gasteiger partial charge in [-0.25, -0.2) is 27.1 Å². The molecule has 35 heavy (non-hydrogen) atoms.